The van der Waals surface area contributed by atoms with E-state index < -0.39 is 127 Å². The van der Waals surface area contributed by atoms with Gasteiger partial charge in [-0.1, -0.05) is 169 Å². The smallest absolute Gasteiger partial charge is 0.197 e. The zero-order valence-corrected chi connectivity index (χ0v) is 67.7. The SMILES string of the molecule is CC(C)C(=O)c1cc(Cl)c(O)c(O)c1Cl.CC(C)C(=O)c1cc(F)c(O)c(O)c1F.CC(C)C(=O)c1cc(O)c(O)c(Cl)c1.CC(C)C(=O)c1cc(O)c(O)c(F)c1.CC(C)C(=O)c1cc(O)c(O)cc1Cl.CC(C)C(=O)c1cc(O)c(O)cc1F.CC(C)C(=O)c1ccc(O)c(O)c1Cl.CC(C)C(=O)c1ccc(O)c(O)c1F. The highest BCUT2D eigenvalue weighted by Crippen LogP contribution is 2.43. The number of phenols is 16. The minimum absolute atomic E-state index is 0.0194. The Bertz CT molecular complexity index is 4490. The Hall–Kier alpha value is -11.0. The molecule has 0 spiro atoms. The summed E-state index contributed by atoms with van der Waals surface area (Å²) in [7, 11) is 0. The number of ketones is 8. The second-order valence-corrected chi connectivity index (χ2v) is 28.8. The first-order valence-corrected chi connectivity index (χ1v) is 35.6. The second-order valence-electron chi connectivity index (χ2n) is 26.9. The van der Waals surface area contributed by atoms with Gasteiger partial charge in [-0.05, 0) is 72.8 Å². The molecule has 0 saturated heterocycles. The number of phenolic OH excluding ortho intramolecular Hbond substituents is 16. The zero-order chi connectivity index (χ0) is 88.8. The topological polar surface area (TPSA) is 460 Å². The van der Waals surface area contributed by atoms with Crippen molar-refractivity contribution >= 4 is 104 Å². The highest BCUT2D eigenvalue weighted by molar-refractivity contribution is 6.38. The van der Waals surface area contributed by atoms with Crippen molar-refractivity contribution in [3.05, 3.63) is 184 Å². The Balaban J connectivity index is 0.000000652. The molecule has 0 atom stereocenters. The number of rotatable bonds is 16. The average Bonchev–Trinajstić information content (AvgIpc) is 0.815. The molecule has 0 aliphatic carbocycles. The maximum Gasteiger partial charge on any atom is 0.197 e. The fourth-order valence-electron chi connectivity index (χ4n) is 8.52. The van der Waals surface area contributed by atoms with Crippen molar-refractivity contribution in [2.24, 2.45) is 47.3 Å². The van der Waals surface area contributed by atoms with Gasteiger partial charge in [0.1, 0.15) is 5.82 Å². The molecule has 8 rings (SSSR count). The maximum atomic E-state index is 13.3. The highest BCUT2D eigenvalue weighted by Gasteiger charge is 2.27. The summed E-state index contributed by atoms with van der Waals surface area (Å²) in [5.74, 6) is -19.8. The van der Waals surface area contributed by atoms with Gasteiger partial charge < -0.3 is 81.7 Å². The Morgan fingerprint density at radius 3 is 0.991 bits per heavy atom. The number of benzene rings is 8. The van der Waals surface area contributed by atoms with Crippen LogP contribution in [0.3, 0.4) is 0 Å². The number of hydrogen-bond donors (Lipinski definition) is 16. The van der Waals surface area contributed by atoms with Gasteiger partial charge in [-0.2, -0.15) is 0 Å². The van der Waals surface area contributed by atoms with Crippen molar-refractivity contribution in [3.8, 4) is 92.0 Å². The van der Waals surface area contributed by atoms with E-state index in [1.54, 1.807) is 96.9 Å². The minimum Gasteiger partial charge on any atom is -0.504 e. The fraction of sp³-hybridized carbons (Fsp3) is 0.300. The number of halogens is 10. The predicted octanol–water partition coefficient (Wildman–Crippen LogP) is 19.5. The summed E-state index contributed by atoms with van der Waals surface area (Å²) in [6, 6.07) is 15.3. The summed E-state index contributed by atoms with van der Waals surface area (Å²) in [5.41, 5.74) is -0.00241. The number of aromatic hydroxyl groups is 16. The van der Waals surface area contributed by atoms with Crippen molar-refractivity contribution in [1.82, 2.24) is 0 Å². The molecule has 0 aliphatic rings. The van der Waals surface area contributed by atoms with Crippen LogP contribution in [-0.2, 0) is 0 Å². The average molecular weight is 1700 g/mol. The molecule has 34 heteroatoms. The van der Waals surface area contributed by atoms with Gasteiger partial charge >= 0.3 is 0 Å². The molecule has 0 bridgehead atoms. The first-order chi connectivity index (χ1) is 52.3. The first-order valence-electron chi connectivity index (χ1n) is 33.7. The Morgan fingerprint density at radius 2 is 0.553 bits per heavy atom. The maximum absolute atomic E-state index is 13.3. The second kappa shape index (κ2) is 44.5. The largest absolute Gasteiger partial charge is 0.504 e. The van der Waals surface area contributed by atoms with Crippen molar-refractivity contribution in [2.75, 3.05) is 0 Å². The third-order valence-corrected chi connectivity index (χ3v) is 16.7. The van der Waals surface area contributed by atoms with Gasteiger partial charge in [0, 0.05) is 87.3 Å². The zero-order valence-electron chi connectivity index (χ0n) is 63.9. The van der Waals surface area contributed by atoms with Gasteiger partial charge in [0.25, 0.3) is 0 Å². The quantitative estimate of drug-likeness (QED) is 0.0243. The Morgan fingerprint density at radius 1 is 0.228 bits per heavy atom. The molecule has 0 radical (unpaired) electrons. The predicted molar refractivity (Wildman–Crippen MR) is 416 cm³/mol. The van der Waals surface area contributed by atoms with E-state index in [-0.39, 0.29) is 152 Å². The number of Topliss-reactive ketones (excluding diaryl/α,β-unsaturated/α-hetero) is 8. The van der Waals surface area contributed by atoms with E-state index in [1.165, 1.54) is 50.2 Å². The molecule has 0 amide bonds. The van der Waals surface area contributed by atoms with Gasteiger partial charge in [-0.3, -0.25) is 38.4 Å². The van der Waals surface area contributed by atoms with E-state index in [2.05, 4.69) is 0 Å². The van der Waals surface area contributed by atoms with E-state index in [0.29, 0.717) is 11.6 Å². The van der Waals surface area contributed by atoms with E-state index in [0.717, 1.165) is 42.5 Å². The number of carbonyl (C=O) groups is 8. The monoisotopic (exact) mass is 1700 g/mol. The molecular weight excluding hydrogens is 1620 g/mol. The van der Waals surface area contributed by atoms with Crippen LogP contribution in [0.15, 0.2) is 84.9 Å². The molecule has 0 fully saturated rings. The third kappa shape index (κ3) is 27.7. The molecular formula is C80H86Cl5F5O24. The van der Waals surface area contributed by atoms with E-state index in [9.17, 15) is 85.8 Å². The van der Waals surface area contributed by atoms with Crippen LogP contribution < -0.4 is 0 Å². The van der Waals surface area contributed by atoms with Crippen LogP contribution in [0.1, 0.15) is 194 Å². The van der Waals surface area contributed by atoms with Crippen LogP contribution in [0.5, 0.6) is 92.0 Å². The van der Waals surface area contributed by atoms with Gasteiger partial charge in [-0.25, -0.2) is 22.0 Å². The van der Waals surface area contributed by atoms with Gasteiger partial charge in [0.15, 0.2) is 162 Å². The van der Waals surface area contributed by atoms with E-state index in [1.807, 2.05) is 0 Å². The Labute approximate surface area is 676 Å². The fourth-order valence-corrected chi connectivity index (χ4v) is 9.67. The molecule has 24 nitrogen and oxygen atoms in total. The minimum atomic E-state index is -1.30. The van der Waals surface area contributed by atoms with Crippen molar-refractivity contribution in [3.63, 3.8) is 0 Å². The number of carbonyl (C=O) groups excluding carboxylic acids is 8. The van der Waals surface area contributed by atoms with Crippen LogP contribution in [0.2, 0.25) is 25.1 Å². The van der Waals surface area contributed by atoms with Gasteiger partial charge in [0.05, 0.1) is 41.8 Å². The van der Waals surface area contributed by atoms with Crippen molar-refractivity contribution < 1.29 is 142 Å². The third-order valence-electron chi connectivity index (χ3n) is 15.1. The van der Waals surface area contributed by atoms with Crippen LogP contribution in [-0.4, -0.2) is 128 Å². The van der Waals surface area contributed by atoms with E-state index in [4.69, 9.17) is 114 Å². The van der Waals surface area contributed by atoms with Crippen molar-refractivity contribution in [1.29, 1.82) is 0 Å². The summed E-state index contributed by atoms with van der Waals surface area (Å²) < 4.78 is 65.5. The lowest BCUT2D eigenvalue weighted by molar-refractivity contribution is 0.0926. The highest BCUT2D eigenvalue weighted by atomic mass is 35.5. The molecule has 8 aromatic carbocycles. The van der Waals surface area contributed by atoms with Crippen LogP contribution in [0.25, 0.3) is 0 Å². The molecule has 16 N–H and O–H groups in total. The summed E-state index contributed by atoms with van der Waals surface area (Å²) in [5, 5.41) is 145. The summed E-state index contributed by atoms with van der Waals surface area (Å²) >= 11 is 28.4. The standard InChI is InChI=1S/C10H10Cl2O3.3C10H11ClO3.C10H10F2O3.3C10H11FO3/c1-4(2)8(13)5-3-6(11)9(14)10(15)7(5)12;1-5(2)10(14)6-3-8(12)9(13)4-7(6)11;1-5(2)9(13)6-3-7(11)10(14)8(12)4-6;1-5(2)9(13)6-3-4-7(12)10(14)8(6)11;1-4(2)8(13)5-3-6(11)9(14)10(15)7(5)12;1-5(2)10(14)6-3-8(12)9(13)4-7(6)11;1-5(2)9(13)6-3-7(11)10(14)8(12)4-6;1-5(2)9(13)6-3-4-7(12)10(14)8(6)11/h3-4,14-15H,1-2H3;3-5,12-13H,1-2H3;2*3-5,12,14H,1-2H3;3-4,14-15H,1-2H3;3-5,12-13H,1-2H3;2*3-5,12,14H,1-2H3. The normalized spacial score (nSPS) is 10.6. The van der Waals surface area contributed by atoms with Crippen LogP contribution >= 0.6 is 58.0 Å². The molecule has 0 aromatic heterocycles. The molecule has 0 unspecified atom stereocenters. The summed E-state index contributed by atoms with van der Waals surface area (Å²) in [6.45, 7) is 26.8. The van der Waals surface area contributed by atoms with E-state index >= 15 is 0 Å². The molecule has 114 heavy (non-hydrogen) atoms. The molecule has 8 aromatic rings. The van der Waals surface area contributed by atoms with Gasteiger partial charge in [0.2, 0.25) is 0 Å². The lowest BCUT2D eigenvalue weighted by Crippen LogP contribution is -2.10. The molecule has 0 heterocycles. The molecule has 0 aliphatic heterocycles. The first kappa shape index (κ1) is 101. The Kier molecular flexibility index (Phi) is 39.4. The number of hydrogen-bond acceptors (Lipinski definition) is 24. The molecule has 620 valence electrons. The van der Waals surface area contributed by atoms with Crippen molar-refractivity contribution in [2.45, 2.75) is 111 Å². The van der Waals surface area contributed by atoms with Gasteiger partial charge in [-0.15, -0.1) is 0 Å². The molecule has 0 saturated carbocycles. The summed E-state index contributed by atoms with van der Waals surface area (Å²) in [4.78, 5) is 91.8. The van der Waals surface area contributed by atoms with Crippen LogP contribution in [0, 0.1) is 76.4 Å². The lowest BCUT2D eigenvalue weighted by atomic mass is 10.00. The van der Waals surface area contributed by atoms with Crippen LogP contribution in [0.4, 0.5) is 22.0 Å². The lowest BCUT2D eigenvalue weighted by Gasteiger charge is -2.10. The summed E-state index contributed by atoms with van der Waals surface area (Å²) in [6.07, 6.45) is 0.